The van der Waals surface area contributed by atoms with Crippen molar-refractivity contribution in [2.24, 2.45) is 0 Å². The zero-order valence-electron chi connectivity index (χ0n) is 8.51. The summed E-state index contributed by atoms with van der Waals surface area (Å²) in [7, 11) is 0. The van der Waals surface area contributed by atoms with Crippen LogP contribution in [0.2, 0.25) is 0 Å². The Morgan fingerprint density at radius 2 is 1.12 bits per heavy atom. The Bertz CT molecular complexity index is 391. The Labute approximate surface area is 91.2 Å². The van der Waals surface area contributed by atoms with Gasteiger partial charge in [-0.2, -0.15) is 0 Å². The third-order valence-electron chi connectivity index (χ3n) is 3.47. The normalized spacial score (nSPS) is 33.5. The Morgan fingerprint density at radius 3 is 1.50 bits per heavy atom. The summed E-state index contributed by atoms with van der Waals surface area (Å²) in [5.74, 6) is -1.33. The van der Waals surface area contributed by atoms with Crippen molar-refractivity contribution in [3.8, 4) is 0 Å². The van der Waals surface area contributed by atoms with E-state index in [1.54, 1.807) is 0 Å². The van der Waals surface area contributed by atoms with Crippen LogP contribution in [0.1, 0.15) is 25.7 Å². The maximum Gasteiger partial charge on any atom is 0.253 e. The van der Waals surface area contributed by atoms with E-state index < -0.39 is 12.1 Å². The third kappa shape index (κ3) is 0.963. The van der Waals surface area contributed by atoms with E-state index in [9.17, 15) is 19.2 Å². The molecule has 3 fully saturated rings. The van der Waals surface area contributed by atoms with Crippen molar-refractivity contribution in [3.63, 3.8) is 0 Å². The minimum atomic E-state index is -0.724. The number of hydrogen-bond acceptors (Lipinski definition) is 4. The average molecular weight is 222 g/mol. The van der Waals surface area contributed by atoms with E-state index >= 15 is 0 Å². The molecule has 16 heavy (non-hydrogen) atoms. The van der Waals surface area contributed by atoms with Gasteiger partial charge in [0.1, 0.15) is 12.1 Å². The molecule has 84 valence electrons. The molecular weight excluding hydrogens is 212 g/mol. The molecule has 3 saturated heterocycles. The Hall–Kier alpha value is -1.72. The van der Waals surface area contributed by atoms with E-state index in [0.29, 0.717) is 12.8 Å². The zero-order valence-corrected chi connectivity index (χ0v) is 8.51. The molecule has 0 unspecified atom stereocenters. The van der Waals surface area contributed by atoms with E-state index in [4.69, 9.17) is 0 Å². The van der Waals surface area contributed by atoms with Gasteiger partial charge in [-0.25, -0.2) is 0 Å². The van der Waals surface area contributed by atoms with Gasteiger partial charge in [0.2, 0.25) is 11.8 Å². The first-order valence-corrected chi connectivity index (χ1v) is 5.33. The van der Waals surface area contributed by atoms with E-state index in [1.165, 1.54) is 0 Å². The molecule has 4 amide bonds. The summed E-state index contributed by atoms with van der Waals surface area (Å²) in [6, 6.07) is -1.45. The molecule has 0 aromatic heterocycles. The first-order chi connectivity index (χ1) is 7.61. The van der Waals surface area contributed by atoms with Gasteiger partial charge in [-0.15, -0.1) is 0 Å². The van der Waals surface area contributed by atoms with Gasteiger partial charge >= 0.3 is 0 Å². The predicted molar refractivity (Wildman–Crippen MR) is 49.8 cm³/mol. The van der Waals surface area contributed by atoms with E-state index in [-0.39, 0.29) is 36.5 Å². The first-order valence-electron chi connectivity index (χ1n) is 5.33. The minimum absolute atomic E-state index is 0.219. The fraction of sp³-hybridized carbons (Fsp3) is 0.600. The summed E-state index contributed by atoms with van der Waals surface area (Å²) in [6.45, 7) is 0. The molecule has 0 aromatic carbocycles. The molecule has 3 rings (SSSR count). The van der Waals surface area contributed by atoms with Crippen LogP contribution in [-0.2, 0) is 19.2 Å². The Balaban J connectivity index is 2.03. The van der Waals surface area contributed by atoms with Gasteiger partial charge in [-0.3, -0.25) is 29.0 Å². The molecule has 0 aromatic rings. The summed E-state index contributed by atoms with van der Waals surface area (Å²) in [5.41, 5.74) is 0. The Morgan fingerprint density at radius 1 is 0.750 bits per heavy atom. The second kappa shape index (κ2) is 2.90. The summed E-state index contributed by atoms with van der Waals surface area (Å²) in [4.78, 5) is 49.0. The number of piperazine rings is 1. The number of fused-ring (bicyclic) bond motifs is 2. The quantitative estimate of drug-likeness (QED) is 0.494. The van der Waals surface area contributed by atoms with Gasteiger partial charge in [0.05, 0.1) is 0 Å². The number of nitrogens with zero attached hydrogens (tertiary/aromatic N) is 2. The summed E-state index contributed by atoms with van der Waals surface area (Å²) >= 11 is 0. The highest BCUT2D eigenvalue weighted by Gasteiger charge is 2.55. The second-order valence-corrected chi connectivity index (χ2v) is 4.31. The molecule has 3 aliphatic rings. The van der Waals surface area contributed by atoms with Crippen molar-refractivity contribution in [1.29, 1.82) is 0 Å². The van der Waals surface area contributed by atoms with E-state index in [2.05, 4.69) is 0 Å². The number of carbonyl (C=O) groups is 4. The highest BCUT2D eigenvalue weighted by Crippen LogP contribution is 2.33. The molecule has 0 saturated carbocycles. The summed E-state index contributed by atoms with van der Waals surface area (Å²) in [5, 5.41) is 0. The molecule has 0 radical (unpaired) electrons. The van der Waals surface area contributed by atoms with Gasteiger partial charge in [-0.1, -0.05) is 0 Å². The van der Waals surface area contributed by atoms with Gasteiger partial charge in [0.15, 0.2) is 0 Å². The number of hydrogen-bond donors (Lipinski definition) is 0. The molecule has 6 nitrogen and oxygen atoms in total. The molecule has 0 aliphatic carbocycles. The lowest BCUT2D eigenvalue weighted by atomic mass is 10.1. The lowest BCUT2D eigenvalue weighted by Crippen LogP contribution is -2.62. The topological polar surface area (TPSA) is 74.8 Å². The van der Waals surface area contributed by atoms with Crippen LogP contribution in [0.15, 0.2) is 0 Å². The summed E-state index contributed by atoms with van der Waals surface area (Å²) in [6.07, 6.45) is 1.13. The van der Waals surface area contributed by atoms with Crippen LogP contribution in [0.4, 0.5) is 0 Å². The first kappa shape index (κ1) is 9.50. The molecule has 3 aliphatic heterocycles. The monoisotopic (exact) mass is 222 g/mol. The Kier molecular flexibility index (Phi) is 1.72. The lowest BCUT2D eigenvalue weighted by Gasteiger charge is -2.36. The number of amides is 4. The van der Waals surface area contributed by atoms with Crippen LogP contribution in [0.5, 0.6) is 0 Å². The maximum atomic E-state index is 11.9. The van der Waals surface area contributed by atoms with Gasteiger partial charge in [-0.05, 0) is 12.8 Å². The van der Waals surface area contributed by atoms with Gasteiger partial charge in [0.25, 0.3) is 11.8 Å². The predicted octanol–water partition coefficient (Wildman–Crippen LogP) is -0.965. The van der Waals surface area contributed by atoms with Crippen molar-refractivity contribution in [1.82, 2.24) is 9.80 Å². The van der Waals surface area contributed by atoms with Crippen molar-refractivity contribution < 1.29 is 19.2 Å². The van der Waals surface area contributed by atoms with Crippen molar-refractivity contribution in [2.75, 3.05) is 0 Å². The zero-order chi connectivity index (χ0) is 11.4. The smallest absolute Gasteiger partial charge is 0.253 e. The molecular formula is C10H10N2O4. The largest absolute Gasteiger partial charge is 0.274 e. The van der Waals surface area contributed by atoms with Gasteiger partial charge in [0, 0.05) is 12.8 Å². The van der Waals surface area contributed by atoms with Crippen molar-refractivity contribution >= 4 is 23.6 Å². The van der Waals surface area contributed by atoms with Crippen molar-refractivity contribution in [3.05, 3.63) is 0 Å². The van der Waals surface area contributed by atoms with Gasteiger partial charge < -0.3 is 0 Å². The maximum absolute atomic E-state index is 11.9. The third-order valence-corrected chi connectivity index (χ3v) is 3.47. The fourth-order valence-electron chi connectivity index (χ4n) is 2.71. The van der Waals surface area contributed by atoms with Crippen LogP contribution in [0.3, 0.4) is 0 Å². The minimum Gasteiger partial charge on any atom is -0.274 e. The van der Waals surface area contributed by atoms with Crippen molar-refractivity contribution in [2.45, 2.75) is 37.8 Å². The molecule has 0 spiro atoms. The molecule has 0 bridgehead atoms. The van der Waals surface area contributed by atoms with Crippen LogP contribution < -0.4 is 0 Å². The second-order valence-electron chi connectivity index (χ2n) is 4.31. The van der Waals surface area contributed by atoms with E-state index in [1.807, 2.05) is 0 Å². The average Bonchev–Trinajstić information content (AvgIpc) is 2.80. The standard InChI is InChI=1S/C10H10N2O4/c13-7-3-1-5-9(15)12-6(2-4-8(12)14)10(16)11(5)7/h5-6H,1-4H2/t5-,6+. The van der Waals surface area contributed by atoms with E-state index in [0.717, 1.165) is 9.80 Å². The fourth-order valence-corrected chi connectivity index (χ4v) is 2.71. The van der Waals surface area contributed by atoms with Crippen LogP contribution in [0, 0.1) is 0 Å². The highest BCUT2D eigenvalue weighted by atomic mass is 16.2. The number of carbonyl (C=O) groups excluding carboxylic acids is 4. The van der Waals surface area contributed by atoms with Crippen LogP contribution in [-0.4, -0.2) is 45.5 Å². The highest BCUT2D eigenvalue weighted by molar-refractivity contribution is 6.14. The molecule has 3 heterocycles. The molecule has 0 N–H and O–H groups in total. The lowest BCUT2D eigenvalue weighted by molar-refractivity contribution is -0.165. The number of rotatable bonds is 0. The van der Waals surface area contributed by atoms with Crippen LogP contribution >= 0.6 is 0 Å². The van der Waals surface area contributed by atoms with Crippen LogP contribution in [0.25, 0.3) is 0 Å². The number of imide groups is 2. The molecule has 6 heteroatoms. The SMILES string of the molecule is O=C1CC[C@@H]2C(=O)N3C(=O)CC[C@H]3C(=O)N12. The molecule has 2 atom stereocenters. The summed E-state index contributed by atoms with van der Waals surface area (Å²) < 4.78 is 0.